The third-order valence-electron chi connectivity index (χ3n) is 5.18. The average molecular weight is 443 g/mol. The zero-order chi connectivity index (χ0) is 21.9. The first kappa shape index (κ1) is 23.1. The van der Waals surface area contributed by atoms with E-state index in [4.69, 9.17) is 17.0 Å². The maximum atomic E-state index is 12.4. The molecule has 1 atom stereocenters. The predicted octanol–water partition coefficient (Wildman–Crippen LogP) is 2.29. The summed E-state index contributed by atoms with van der Waals surface area (Å²) < 4.78 is 5.61. The molecule has 7 nitrogen and oxygen atoms in total. The molecular formula is C23H30N4O3S. The Bertz CT molecular complexity index is 814. The van der Waals surface area contributed by atoms with Gasteiger partial charge in [-0.2, -0.15) is 0 Å². The van der Waals surface area contributed by atoms with Gasteiger partial charge in [0.1, 0.15) is 0 Å². The molecule has 0 unspecified atom stereocenters. The molecule has 0 aliphatic carbocycles. The molecule has 4 N–H and O–H groups in total. The molecule has 0 bridgehead atoms. The Morgan fingerprint density at radius 2 is 1.71 bits per heavy atom. The van der Waals surface area contributed by atoms with E-state index < -0.39 is 6.10 Å². The largest absolute Gasteiger partial charge is 0.389 e. The Hall–Kier alpha value is -2.52. The quantitative estimate of drug-likeness (QED) is 0.369. The normalized spacial score (nSPS) is 15.8. The molecule has 0 saturated carbocycles. The van der Waals surface area contributed by atoms with Gasteiger partial charge in [-0.15, -0.1) is 0 Å². The van der Waals surface area contributed by atoms with E-state index in [1.165, 1.54) is 0 Å². The highest BCUT2D eigenvalue weighted by molar-refractivity contribution is 7.80. The van der Waals surface area contributed by atoms with Crippen LogP contribution in [0.3, 0.4) is 0 Å². The molecule has 166 valence electrons. The number of rotatable bonds is 8. The van der Waals surface area contributed by atoms with Gasteiger partial charge >= 0.3 is 0 Å². The molecule has 0 radical (unpaired) electrons. The summed E-state index contributed by atoms with van der Waals surface area (Å²) >= 11 is 5.20. The monoisotopic (exact) mass is 442 g/mol. The summed E-state index contributed by atoms with van der Waals surface area (Å²) in [5.41, 5.74) is 7.40. The number of aliphatic hydroxyl groups is 1. The lowest BCUT2D eigenvalue weighted by Crippen LogP contribution is -2.49. The van der Waals surface area contributed by atoms with E-state index in [1.54, 1.807) is 0 Å². The molecule has 1 heterocycles. The zero-order valence-electron chi connectivity index (χ0n) is 17.5. The van der Waals surface area contributed by atoms with Crippen LogP contribution in [0.5, 0.6) is 0 Å². The Labute approximate surface area is 188 Å². The SMILES string of the molecule is O=C(NNC(=S)Nc1ccccc1)C1CCN(C[C@H](O)COCc2ccccc2)CC1. The van der Waals surface area contributed by atoms with Gasteiger partial charge in [-0.1, -0.05) is 48.5 Å². The van der Waals surface area contributed by atoms with Gasteiger partial charge in [-0.3, -0.25) is 15.6 Å². The summed E-state index contributed by atoms with van der Waals surface area (Å²) in [6, 6.07) is 19.4. The second-order valence-electron chi connectivity index (χ2n) is 7.66. The molecule has 1 amide bonds. The van der Waals surface area contributed by atoms with Crippen molar-refractivity contribution in [2.45, 2.75) is 25.6 Å². The molecule has 1 aliphatic rings. The summed E-state index contributed by atoms with van der Waals surface area (Å²) in [4.78, 5) is 14.6. The summed E-state index contributed by atoms with van der Waals surface area (Å²) in [6.45, 7) is 2.87. The highest BCUT2D eigenvalue weighted by Gasteiger charge is 2.26. The summed E-state index contributed by atoms with van der Waals surface area (Å²) in [6.07, 6.45) is 0.936. The van der Waals surface area contributed by atoms with Gasteiger partial charge in [-0.25, -0.2) is 0 Å². The van der Waals surface area contributed by atoms with Crippen molar-refractivity contribution in [1.29, 1.82) is 0 Å². The Kier molecular flexibility index (Phi) is 9.23. The average Bonchev–Trinajstić information content (AvgIpc) is 2.79. The van der Waals surface area contributed by atoms with Crippen LogP contribution >= 0.6 is 12.2 Å². The van der Waals surface area contributed by atoms with Crippen LogP contribution < -0.4 is 16.2 Å². The second-order valence-corrected chi connectivity index (χ2v) is 8.07. The fourth-order valence-electron chi connectivity index (χ4n) is 3.52. The number of benzene rings is 2. The molecule has 8 heteroatoms. The van der Waals surface area contributed by atoms with Crippen molar-refractivity contribution in [2.24, 2.45) is 5.92 Å². The minimum atomic E-state index is -0.544. The number of likely N-dealkylation sites (tertiary alicyclic amines) is 1. The van der Waals surface area contributed by atoms with Crippen molar-refractivity contribution >= 4 is 28.9 Å². The van der Waals surface area contributed by atoms with Gasteiger partial charge in [-0.05, 0) is 55.8 Å². The summed E-state index contributed by atoms with van der Waals surface area (Å²) in [7, 11) is 0. The lowest BCUT2D eigenvalue weighted by atomic mass is 9.96. The number of hydrogen-bond acceptors (Lipinski definition) is 5. The smallest absolute Gasteiger partial charge is 0.241 e. The summed E-state index contributed by atoms with van der Waals surface area (Å²) in [5, 5.41) is 13.6. The maximum absolute atomic E-state index is 12.4. The minimum absolute atomic E-state index is 0.0661. The van der Waals surface area contributed by atoms with Crippen LogP contribution in [0.2, 0.25) is 0 Å². The Balaban J connectivity index is 1.28. The second kappa shape index (κ2) is 12.4. The number of carbonyl (C=O) groups excluding carboxylic acids is 1. The molecule has 2 aromatic rings. The van der Waals surface area contributed by atoms with E-state index in [0.717, 1.165) is 37.2 Å². The van der Waals surface area contributed by atoms with E-state index in [1.807, 2.05) is 60.7 Å². The number of piperidine rings is 1. The van der Waals surface area contributed by atoms with Crippen molar-refractivity contribution in [3.63, 3.8) is 0 Å². The topological polar surface area (TPSA) is 85.9 Å². The number of β-amino-alcohol motifs (C(OH)–C–C–N with tert-alkyl or cyclic N) is 1. The number of aliphatic hydroxyl groups excluding tert-OH is 1. The first-order chi connectivity index (χ1) is 15.1. The van der Waals surface area contributed by atoms with E-state index in [9.17, 15) is 9.90 Å². The number of anilines is 1. The molecule has 1 saturated heterocycles. The highest BCUT2D eigenvalue weighted by Crippen LogP contribution is 2.17. The first-order valence-electron chi connectivity index (χ1n) is 10.5. The minimum Gasteiger partial charge on any atom is -0.389 e. The van der Waals surface area contributed by atoms with Crippen LogP contribution in [-0.4, -0.2) is 53.4 Å². The maximum Gasteiger partial charge on any atom is 0.241 e. The van der Waals surface area contributed by atoms with E-state index in [2.05, 4.69) is 21.1 Å². The number of hydrogen-bond donors (Lipinski definition) is 4. The number of nitrogens with one attached hydrogen (secondary N) is 3. The molecule has 3 rings (SSSR count). The van der Waals surface area contributed by atoms with Gasteiger partial charge in [0.25, 0.3) is 0 Å². The lowest BCUT2D eigenvalue weighted by Gasteiger charge is -2.32. The van der Waals surface area contributed by atoms with Crippen LogP contribution in [0.15, 0.2) is 60.7 Å². The number of para-hydroxylation sites is 1. The number of amides is 1. The Morgan fingerprint density at radius 1 is 1.06 bits per heavy atom. The predicted molar refractivity (Wildman–Crippen MR) is 125 cm³/mol. The first-order valence-corrected chi connectivity index (χ1v) is 10.9. The standard InChI is InChI=1S/C23H30N4O3S/c28-21(17-30-16-18-7-3-1-4-8-18)15-27-13-11-19(12-14-27)22(29)25-26-23(31)24-20-9-5-2-6-10-20/h1-10,19,21,28H,11-17H2,(H,25,29)(H2,24,26,31)/t21-/m0/s1. The van der Waals surface area contributed by atoms with E-state index in [0.29, 0.717) is 24.9 Å². The van der Waals surface area contributed by atoms with Crippen LogP contribution in [0, 0.1) is 5.92 Å². The van der Waals surface area contributed by atoms with Crippen molar-refractivity contribution in [3.8, 4) is 0 Å². The van der Waals surface area contributed by atoms with Gasteiger partial charge < -0.3 is 20.1 Å². The molecule has 31 heavy (non-hydrogen) atoms. The third kappa shape index (κ3) is 8.26. The fourth-order valence-corrected chi connectivity index (χ4v) is 3.69. The number of nitrogens with zero attached hydrogens (tertiary/aromatic N) is 1. The van der Waals surface area contributed by atoms with Gasteiger partial charge in [0.2, 0.25) is 5.91 Å². The third-order valence-corrected chi connectivity index (χ3v) is 5.38. The van der Waals surface area contributed by atoms with E-state index >= 15 is 0 Å². The van der Waals surface area contributed by atoms with Gasteiger partial charge in [0, 0.05) is 18.2 Å². The highest BCUT2D eigenvalue weighted by atomic mass is 32.1. The summed E-state index contributed by atoms with van der Waals surface area (Å²) in [5.74, 6) is -0.140. The fraction of sp³-hybridized carbons (Fsp3) is 0.391. The van der Waals surface area contributed by atoms with Crippen LogP contribution in [0.1, 0.15) is 18.4 Å². The molecule has 1 fully saturated rings. The van der Waals surface area contributed by atoms with Crippen molar-refractivity contribution in [1.82, 2.24) is 15.8 Å². The van der Waals surface area contributed by atoms with Crippen LogP contribution in [0.4, 0.5) is 5.69 Å². The zero-order valence-corrected chi connectivity index (χ0v) is 18.3. The van der Waals surface area contributed by atoms with Crippen molar-refractivity contribution < 1.29 is 14.6 Å². The molecular weight excluding hydrogens is 412 g/mol. The number of thiocarbonyl (C=S) groups is 1. The molecule has 0 spiro atoms. The van der Waals surface area contributed by atoms with Crippen LogP contribution in [0.25, 0.3) is 0 Å². The Morgan fingerprint density at radius 3 is 2.39 bits per heavy atom. The van der Waals surface area contributed by atoms with E-state index in [-0.39, 0.29) is 11.8 Å². The van der Waals surface area contributed by atoms with Gasteiger partial charge in [0.05, 0.1) is 19.3 Å². The number of hydrazine groups is 1. The van der Waals surface area contributed by atoms with Crippen molar-refractivity contribution in [3.05, 3.63) is 66.2 Å². The van der Waals surface area contributed by atoms with Crippen molar-refractivity contribution in [2.75, 3.05) is 31.6 Å². The van der Waals surface area contributed by atoms with Crippen LogP contribution in [-0.2, 0) is 16.1 Å². The molecule has 2 aromatic carbocycles. The molecule has 0 aromatic heterocycles. The number of carbonyl (C=O) groups is 1. The molecule has 1 aliphatic heterocycles. The number of ether oxygens (including phenoxy) is 1. The lowest BCUT2D eigenvalue weighted by molar-refractivity contribution is -0.127. The van der Waals surface area contributed by atoms with Gasteiger partial charge in [0.15, 0.2) is 5.11 Å².